The maximum absolute atomic E-state index is 12.8. The Bertz CT molecular complexity index is 1270. The summed E-state index contributed by atoms with van der Waals surface area (Å²) in [7, 11) is 0. The van der Waals surface area contributed by atoms with Crippen LogP contribution in [0, 0.1) is 27.7 Å². The van der Waals surface area contributed by atoms with Gasteiger partial charge >= 0.3 is 0 Å². The van der Waals surface area contributed by atoms with Crippen molar-refractivity contribution < 1.29 is 9.59 Å². The monoisotopic (exact) mass is 465 g/mol. The minimum atomic E-state index is -0.516. The molecule has 0 fully saturated rings. The zero-order valence-electron chi connectivity index (χ0n) is 19.5. The summed E-state index contributed by atoms with van der Waals surface area (Å²) in [5.74, 6) is -0.456. The van der Waals surface area contributed by atoms with Gasteiger partial charge in [0.05, 0.1) is 10.9 Å². The van der Waals surface area contributed by atoms with Crippen LogP contribution < -0.4 is 16.2 Å². The number of thioether (sulfide) groups is 1. The number of hydrogen-bond acceptors (Lipinski definition) is 6. The second kappa shape index (κ2) is 9.99. The van der Waals surface area contributed by atoms with Crippen LogP contribution in [-0.4, -0.2) is 32.2 Å². The molecule has 1 aromatic heterocycles. The van der Waals surface area contributed by atoms with E-state index in [1.54, 1.807) is 13.0 Å². The maximum Gasteiger partial charge on any atom is 0.278 e. The van der Waals surface area contributed by atoms with E-state index in [0.29, 0.717) is 11.3 Å². The molecule has 2 aromatic carbocycles. The predicted octanol–water partition coefficient (Wildman–Crippen LogP) is 4.14. The van der Waals surface area contributed by atoms with Crippen LogP contribution in [0.4, 0.5) is 11.4 Å². The molecule has 1 heterocycles. The highest BCUT2D eigenvalue weighted by atomic mass is 32.2. The topological polar surface area (TPSA) is 117 Å². The summed E-state index contributed by atoms with van der Waals surface area (Å²) in [5, 5.41) is 13.6. The number of nitrogens with zero attached hydrogens (tertiary/aromatic N) is 2. The van der Waals surface area contributed by atoms with Crippen molar-refractivity contribution in [3.63, 3.8) is 0 Å². The summed E-state index contributed by atoms with van der Waals surface area (Å²) >= 11 is 1.11. The number of carbonyl (C=O) groups is 2. The molecule has 0 saturated heterocycles. The van der Waals surface area contributed by atoms with Crippen LogP contribution in [0.5, 0.6) is 0 Å². The van der Waals surface area contributed by atoms with Crippen LogP contribution in [0.1, 0.15) is 36.1 Å². The summed E-state index contributed by atoms with van der Waals surface area (Å²) in [4.78, 5) is 39.8. The first-order valence-corrected chi connectivity index (χ1v) is 11.3. The first-order valence-electron chi connectivity index (χ1n) is 10.5. The van der Waals surface area contributed by atoms with E-state index < -0.39 is 10.8 Å². The quantitative estimate of drug-likeness (QED) is 0.471. The summed E-state index contributed by atoms with van der Waals surface area (Å²) in [6.45, 7) is 10.8. The van der Waals surface area contributed by atoms with E-state index in [9.17, 15) is 14.4 Å². The summed E-state index contributed by atoms with van der Waals surface area (Å²) < 4.78 is 0. The Morgan fingerprint density at radius 1 is 0.939 bits per heavy atom. The maximum atomic E-state index is 12.8. The average molecular weight is 466 g/mol. The lowest BCUT2D eigenvalue weighted by atomic mass is 10.0. The van der Waals surface area contributed by atoms with Crippen LogP contribution in [0.2, 0.25) is 0 Å². The largest absolute Gasteiger partial charge is 0.325 e. The number of H-pyrrole nitrogens is 1. The number of hydrogen-bond donors (Lipinski definition) is 3. The molecule has 0 aliphatic heterocycles. The van der Waals surface area contributed by atoms with E-state index in [0.717, 1.165) is 39.7 Å². The molecule has 3 aromatic rings. The van der Waals surface area contributed by atoms with E-state index >= 15 is 0 Å². The first kappa shape index (κ1) is 24.2. The fraction of sp³-hybridized carbons (Fsp3) is 0.292. The molecule has 0 spiro atoms. The molecule has 0 aliphatic carbocycles. The molecule has 33 heavy (non-hydrogen) atoms. The SMILES string of the molecule is CC(=O)Nc1c(C)cc(C)cc1-c1nnc(S[C@H](C)C(=O)Nc2cc(C)cc(C)c2)[nH]c1=O. The molecule has 0 aliphatic rings. The Morgan fingerprint density at radius 3 is 2.18 bits per heavy atom. The zero-order valence-corrected chi connectivity index (χ0v) is 20.3. The smallest absolute Gasteiger partial charge is 0.278 e. The fourth-order valence-electron chi connectivity index (χ4n) is 3.56. The molecule has 0 bridgehead atoms. The molecule has 0 unspecified atom stereocenters. The van der Waals surface area contributed by atoms with E-state index in [4.69, 9.17) is 0 Å². The van der Waals surface area contributed by atoms with Gasteiger partial charge in [-0.25, -0.2) is 0 Å². The van der Waals surface area contributed by atoms with Crippen molar-refractivity contribution in [2.75, 3.05) is 10.6 Å². The molecule has 3 N–H and O–H groups in total. The molecular weight excluding hydrogens is 438 g/mol. The van der Waals surface area contributed by atoms with Crippen molar-refractivity contribution in [3.05, 3.63) is 62.9 Å². The summed E-state index contributed by atoms with van der Waals surface area (Å²) in [5.41, 5.74) is 5.24. The van der Waals surface area contributed by atoms with Crippen molar-refractivity contribution in [2.45, 2.75) is 51.9 Å². The predicted molar refractivity (Wildman–Crippen MR) is 132 cm³/mol. The van der Waals surface area contributed by atoms with E-state index in [-0.39, 0.29) is 22.7 Å². The molecular formula is C24H27N5O3S. The lowest BCUT2D eigenvalue weighted by molar-refractivity contribution is -0.115. The number of rotatable bonds is 6. The van der Waals surface area contributed by atoms with E-state index in [1.807, 2.05) is 52.0 Å². The Morgan fingerprint density at radius 2 is 1.58 bits per heavy atom. The Labute approximate surface area is 196 Å². The molecule has 9 heteroatoms. The lowest BCUT2D eigenvalue weighted by Gasteiger charge is -2.14. The van der Waals surface area contributed by atoms with Gasteiger partial charge in [-0.15, -0.1) is 10.2 Å². The highest BCUT2D eigenvalue weighted by Crippen LogP contribution is 2.30. The van der Waals surface area contributed by atoms with Crippen molar-refractivity contribution in [2.24, 2.45) is 0 Å². The molecule has 8 nitrogen and oxygen atoms in total. The van der Waals surface area contributed by atoms with Crippen LogP contribution in [0.15, 0.2) is 40.3 Å². The van der Waals surface area contributed by atoms with Crippen LogP contribution in [0.3, 0.4) is 0 Å². The Hall–Kier alpha value is -3.46. The number of aromatic nitrogens is 3. The second-order valence-electron chi connectivity index (χ2n) is 8.12. The van der Waals surface area contributed by atoms with Gasteiger partial charge in [0.25, 0.3) is 5.56 Å². The zero-order chi connectivity index (χ0) is 24.3. The van der Waals surface area contributed by atoms with Crippen LogP contribution in [0.25, 0.3) is 11.3 Å². The number of benzene rings is 2. The molecule has 172 valence electrons. The van der Waals surface area contributed by atoms with Crippen LogP contribution >= 0.6 is 11.8 Å². The van der Waals surface area contributed by atoms with Crippen molar-refractivity contribution >= 4 is 35.0 Å². The number of nitrogens with one attached hydrogen (secondary N) is 3. The second-order valence-corrected chi connectivity index (χ2v) is 9.45. The third-order valence-electron chi connectivity index (χ3n) is 4.86. The van der Waals surface area contributed by atoms with Crippen molar-refractivity contribution in [3.8, 4) is 11.3 Å². The average Bonchev–Trinajstić information content (AvgIpc) is 2.69. The molecule has 2 amide bonds. The van der Waals surface area contributed by atoms with Gasteiger partial charge < -0.3 is 10.6 Å². The molecule has 0 saturated carbocycles. The van der Waals surface area contributed by atoms with Gasteiger partial charge in [0.1, 0.15) is 0 Å². The van der Waals surface area contributed by atoms with E-state index in [2.05, 4.69) is 25.8 Å². The summed E-state index contributed by atoms with van der Waals surface area (Å²) in [6.07, 6.45) is 0. The van der Waals surface area contributed by atoms with Crippen molar-refractivity contribution in [1.29, 1.82) is 0 Å². The van der Waals surface area contributed by atoms with Crippen LogP contribution in [-0.2, 0) is 9.59 Å². The fourth-order valence-corrected chi connectivity index (χ4v) is 4.30. The summed E-state index contributed by atoms with van der Waals surface area (Å²) in [6, 6.07) is 9.52. The number of amides is 2. The van der Waals surface area contributed by atoms with Gasteiger partial charge in [-0.3, -0.25) is 19.4 Å². The van der Waals surface area contributed by atoms with Crippen molar-refractivity contribution in [1.82, 2.24) is 15.2 Å². The number of carbonyl (C=O) groups excluding carboxylic acids is 2. The Kier molecular flexibility index (Phi) is 7.33. The van der Waals surface area contributed by atoms with Gasteiger partial charge in [-0.1, -0.05) is 29.5 Å². The lowest BCUT2D eigenvalue weighted by Crippen LogP contribution is -2.24. The van der Waals surface area contributed by atoms with Gasteiger partial charge in [-0.05, 0) is 69.5 Å². The minimum Gasteiger partial charge on any atom is -0.325 e. The minimum absolute atomic E-state index is 0.0993. The highest BCUT2D eigenvalue weighted by Gasteiger charge is 2.19. The molecule has 0 radical (unpaired) electrons. The third-order valence-corrected chi connectivity index (χ3v) is 5.83. The third kappa shape index (κ3) is 6.07. The number of anilines is 2. The molecule has 3 rings (SSSR count). The molecule has 1 atom stereocenters. The highest BCUT2D eigenvalue weighted by molar-refractivity contribution is 8.00. The van der Waals surface area contributed by atoms with Gasteiger partial charge in [-0.2, -0.15) is 0 Å². The standard InChI is InChI=1S/C24H27N5O3S/c1-12-7-13(2)10-18(9-12)26-22(31)16(5)33-24-27-23(32)21(28-29-24)19-11-14(3)8-15(4)20(19)25-17(6)30/h7-11,16H,1-6H3,(H,25,30)(H,26,31)(H,27,29,32)/t16-/m1/s1. The Balaban J connectivity index is 1.82. The number of aromatic amines is 1. The van der Waals surface area contributed by atoms with Gasteiger partial charge in [0, 0.05) is 18.2 Å². The van der Waals surface area contributed by atoms with Gasteiger partial charge in [0.15, 0.2) is 10.9 Å². The normalized spacial score (nSPS) is 11.7. The first-order chi connectivity index (χ1) is 15.5. The number of aryl methyl sites for hydroxylation is 4. The van der Waals surface area contributed by atoms with Gasteiger partial charge in [0.2, 0.25) is 11.8 Å². The van der Waals surface area contributed by atoms with E-state index in [1.165, 1.54) is 6.92 Å².